The van der Waals surface area contributed by atoms with Crippen LogP contribution in [0.3, 0.4) is 0 Å². The van der Waals surface area contributed by atoms with Crippen molar-refractivity contribution in [2.24, 2.45) is 5.92 Å². The Bertz CT molecular complexity index is 1270. The third-order valence-corrected chi connectivity index (χ3v) is 6.59. The fourth-order valence-electron chi connectivity index (χ4n) is 3.86. The van der Waals surface area contributed by atoms with Crippen LogP contribution in [-0.2, 0) is 14.3 Å². The van der Waals surface area contributed by atoms with Crippen molar-refractivity contribution in [1.29, 1.82) is 0 Å². The quantitative estimate of drug-likeness (QED) is 0.205. The Labute approximate surface area is 215 Å². The highest BCUT2D eigenvalue weighted by Crippen LogP contribution is 2.37. The predicted molar refractivity (Wildman–Crippen MR) is 134 cm³/mol. The van der Waals surface area contributed by atoms with Gasteiger partial charge in [-0.25, -0.2) is 4.39 Å². The van der Waals surface area contributed by atoms with E-state index in [-0.39, 0.29) is 64.3 Å². The number of benzene rings is 2. The van der Waals surface area contributed by atoms with Crippen LogP contribution in [0.15, 0.2) is 50.1 Å². The molecule has 1 saturated carbocycles. The summed E-state index contributed by atoms with van der Waals surface area (Å²) in [5, 5.41) is 0.561. The molecule has 3 aromatic rings. The predicted octanol–water partition coefficient (Wildman–Crippen LogP) is 6.53. The van der Waals surface area contributed by atoms with Crippen LogP contribution in [0.2, 0.25) is 5.02 Å². The van der Waals surface area contributed by atoms with Crippen LogP contribution in [0.1, 0.15) is 32.6 Å². The summed E-state index contributed by atoms with van der Waals surface area (Å²) in [4.78, 5) is 24.5. The molecule has 0 atom stereocenters. The van der Waals surface area contributed by atoms with E-state index in [0.717, 1.165) is 12.8 Å². The lowest BCUT2D eigenvalue weighted by Crippen LogP contribution is -2.38. The molecule has 0 bridgehead atoms. The largest absolute Gasteiger partial charge is 0.490 e. The molecule has 0 spiro atoms. The van der Waals surface area contributed by atoms with E-state index in [1.165, 1.54) is 12.1 Å². The molecule has 0 N–H and O–H groups in total. The number of esters is 1. The molecule has 0 unspecified atom stereocenters. The zero-order valence-electron chi connectivity index (χ0n) is 19.2. The molecule has 0 aliphatic heterocycles. The van der Waals surface area contributed by atoms with E-state index in [2.05, 4.69) is 15.9 Å². The van der Waals surface area contributed by atoms with Gasteiger partial charge in [0, 0.05) is 10.5 Å². The Morgan fingerprint density at radius 2 is 2.00 bits per heavy atom. The summed E-state index contributed by atoms with van der Waals surface area (Å²) in [5.74, 6) is -0.693. The van der Waals surface area contributed by atoms with Crippen molar-refractivity contribution in [2.75, 3.05) is 19.8 Å². The van der Waals surface area contributed by atoms with Crippen LogP contribution in [0, 0.1) is 11.7 Å². The summed E-state index contributed by atoms with van der Waals surface area (Å²) in [5.41, 5.74) is -0.139. The van der Waals surface area contributed by atoms with Crippen molar-refractivity contribution in [3.8, 4) is 17.1 Å². The Hall–Kier alpha value is -2.42. The van der Waals surface area contributed by atoms with Gasteiger partial charge in [0.15, 0.2) is 11.0 Å². The zero-order valence-corrected chi connectivity index (χ0v) is 21.5. The summed E-state index contributed by atoms with van der Waals surface area (Å²) >= 11 is 9.47. The second-order valence-corrected chi connectivity index (χ2v) is 9.71. The van der Waals surface area contributed by atoms with Gasteiger partial charge in [0.2, 0.25) is 0 Å². The molecular weight excluding hydrogens is 543 g/mol. The van der Waals surface area contributed by atoms with E-state index in [1.807, 2.05) is 6.92 Å². The van der Waals surface area contributed by atoms with Crippen LogP contribution in [0.25, 0.3) is 22.3 Å². The number of ether oxygens (including phenoxy) is 3. The van der Waals surface area contributed by atoms with Gasteiger partial charge < -0.3 is 18.6 Å². The minimum absolute atomic E-state index is 0.0138. The lowest BCUT2D eigenvalue weighted by atomic mass is 9.82. The molecule has 1 aromatic heterocycles. The highest BCUT2D eigenvalue weighted by molar-refractivity contribution is 9.10. The average molecular weight is 568 g/mol. The van der Waals surface area contributed by atoms with Crippen molar-refractivity contribution in [1.82, 2.24) is 0 Å². The first-order valence-electron chi connectivity index (χ1n) is 11.5. The lowest BCUT2D eigenvalue weighted by Gasteiger charge is -2.33. The molecule has 1 aliphatic rings. The van der Waals surface area contributed by atoms with Crippen LogP contribution in [0.5, 0.6) is 5.75 Å². The van der Waals surface area contributed by atoms with Gasteiger partial charge in [-0.1, -0.05) is 46.9 Å². The van der Waals surface area contributed by atoms with Gasteiger partial charge in [-0.3, -0.25) is 9.59 Å². The normalized spacial score (nSPS) is 17.3. The van der Waals surface area contributed by atoms with Crippen molar-refractivity contribution in [2.45, 2.75) is 38.7 Å². The molecule has 2 aromatic carbocycles. The number of carbonyl (C=O) groups is 1. The molecule has 0 radical (unpaired) electrons. The maximum Gasteiger partial charge on any atom is 0.309 e. The molecule has 6 nitrogen and oxygen atoms in total. The molecule has 1 fully saturated rings. The Kier molecular flexibility index (Phi) is 8.46. The van der Waals surface area contributed by atoms with Crippen LogP contribution in [0.4, 0.5) is 4.39 Å². The number of halogens is 3. The Balaban J connectivity index is 1.40. The molecular formula is C26H25BrClFO6. The smallest absolute Gasteiger partial charge is 0.309 e. The van der Waals surface area contributed by atoms with Crippen molar-refractivity contribution >= 4 is 44.5 Å². The number of carbonyl (C=O) groups excluding carboxylic acids is 1. The molecule has 0 saturated heterocycles. The molecule has 9 heteroatoms. The standard InChI is InChI=1S/C26H25BrClFO6/c1-2-3-7-34-26(31)15-10-17(11-15)32-8-9-33-22-13-16(27)12-20(29)24(22)23-14-21(30)18-5-4-6-19(28)25(18)35-23/h4-6,12-15,17H,2-3,7-11H2,1H3. The fourth-order valence-corrected chi connectivity index (χ4v) is 4.49. The lowest BCUT2D eigenvalue weighted by molar-refractivity contribution is -0.158. The third kappa shape index (κ3) is 6.05. The van der Waals surface area contributed by atoms with Gasteiger partial charge in [0.1, 0.15) is 23.9 Å². The summed E-state index contributed by atoms with van der Waals surface area (Å²) in [6, 6.07) is 8.93. The Morgan fingerprint density at radius 1 is 1.20 bits per heavy atom. The number of unbranched alkanes of at least 4 members (excludes halogenated alkanes) is 1. The maximum absolute atomic E-state index is 15.0. The number of fused-ring (bicyclic) bond motifs is 1. The van der Waals surface area contributed by atoms with Crippen molar-refractivity contribution < 1.29 is 27.8 Å². The average Bonchev–Trinajstić information content (AvgIpc) is 2.78. The number of hydrogen-bond acceptors (Lipinski definition) is 6. The number of rotatable bonds is 10. The SMILES string of the molecule is CCCCOC(=O)C1CC(OCCOc2cc(Br)cc(F)c2-c2cc(=O)c3cccc(Cl)c3o2)C1. The van der Waals surface area contributed by atoms with Gasteiger partial charge in [-0.05, 0) is 43.5 Å². The van der Waals surface area contributed by atoms with E-state index >= 15 is 0 Å². The van der Waals surface area contributed by atoms with Crippen LogP contribution >= 0.6 is 27.5 Å². The maximum atomic E-state index is 15.0. The molecule has 1 heterocycles. The molecule has 1 aliphatic carbocycles. The minimum Gasteiger partial charge on any atom is -0.490 e. The van der Waals surface area contributed by atoms with E-state index in [1.54, 1.807) is 24.3 Å². The van der Waals surface area contributed by atoms with E-state index in [4.69, 9.17) is 30.2 Å². The van der Waals surface area contributed by atoms with Gasteiger partial charge in [-0.2, -0.15) is 0 Å². The fraction of sp³-hybridized carbons (Fsp3) is 0.385. The first-order chi connectivity index (χ1) is 16.9. The first kappa shape index (κ1) is 25.7. The van der Waals surface area contributed by atoms with Crippen molar-refractivity contribution in [3.63, 3.8) is 0 Å². The van der Waals surface area contributed by atoms with Crippen molar-refractivity contribution in [3.05, 3.63) is 61.9 Å². The second-order valence-electron chi connectivity index (χ2n) is 8.38. The summed E-state index contributed by atoms with van der Waals surface area (Å²) in [6.45, 7) is 2.90. The molecule has 0 amide bonds. The van der Waals surface area contributed by atoms with Gasteiger partial charge in [0.05, 0.1) is 41.2 Å². The molecule has 4 rings (SSSR count). The highest BCUT2D eigenvalue weighted by Gasteiger charge is 2.36. The number of para-hydroxylation sites is 1. The van der Waals surface area contributed by atoms with Gasteiger partial charge >= 0.3 is 5.97 Å². The topological polar surface area (TPSA) is 75.0 Å². The summed E-state index contributed by atoms with van der Waals surface area (Å²) < 4.78 is 38.1. The van der Waals surface area contributed by atoms with E-state index in [0.29, 0.717) is 29.3 Å². The van der Waals surface area contributed by atoms with Gasteiger partial charge in [-0.15, -0.1) is 0 Å². The summed E-state index contributed by atoms with van der Waals surface area (Å²) in [7, 11) is 0. The monoisotopic (exact) mass is 566 g/mol. The van der Waals surface area contributed by atoms with E-state index < -0.39 is 5.82 Å². The zero-order chi connectivity index (χ0) is 24.9. The highest BCUT2D eigenvalue weighted by atomic mass is 79.9. The van der Waals surface area contributed by atoms with Crippen LogP contribution < -0.4 is 10.2 Å². The van der Waals surface area contributed by atoms with Crippen LogP contribution in [-0.4, -0.2) is 31.9 Å². The number of hydrogen-bond donors (Lipinski definition) is 0. The summed E-state index contributed by atoms with van der Waals surface area (Å²) in [6.07, 6.45) is 3.04. The Morgan fingerprint density at radius 3 is 2.77 bits per heavy atom. The minimum atomic E-state index is -0.617. The molecule has 35 heavy (non-hydrogen) atoms. The van der Waals surface area contributed by atoms with E-state index in [9.17, 15) is 14.0 Å². The second kappa shape index (κ2) is 11.5. The van der Waals surface area contributed by atoms with Gasteiger partial charge in [0.25, 0.3) is 0 Å². The first-order valence-corrected chi connectivity index (χ1v) is 12.7. The third-order valence-electron chi connectivity index (χ3n) is 5.84. The molecule has 186 valence electrons.